The fourth-order valence-corrected chi connectivity index (χ4v) is 1.77. The molecule has 0 atom stereocenters. The molecule has 0 unspecified atom stereocenters. The zero-order valence-electron chi connectivity index (χ0n) is 8.17. The van der Waals surface area contributed by atoms with Crippen molar-refractivity contribution in [2.75, 3.05) is 18.9 Å². The second kappa shape index (κ2) is 6.87. The lowest BCUT2D eigenvalue weighted by atomic mass is 10.4. The molecule has 0 radical (unpaired) electrons. The second-order valence-electron chi connectivity index (χ2n) is 2.61. The van der Waals surface area contributed by atoms with E-state index in [1.54, 1.807) is 6.07 Å². The van der Waals surface area contributed by atoms with Gasteiger partial charge >= 0.3 is 0 Å². The number of anilines is 1. The fourth-order valence-electron chi connectivity index (χ4n) is 0.858. The van der Waals surface area contributed by atoms with Crippen LogP contribution in [-0.4, -0.2) is 19.5 Å². The molecule has 0 bridgehead atoms. The Labute approximate surface area is 107 Å². The van der Waals surface area contributed by atoms with Gasteiger partial charge in [-0.15, -0.1) is 23.7 Å². The van der Waals surface area contributed by atoms with Crippen molar-refractivity contribution in [2.45, 2.75) is 0 Å². The van der Waals surface area contributed by atoms with E-state index < -0.39 is 0 Å². The van der Waals surface area contributed by atoms with Gasteiger partial charge in [-0.05, 0) is 12.1 Å². The van der Waals surface area contributed by atoms with Crippen LogP contribution in [0.3, 0.4) is 0 Å². The number of thiophene rings is 1. The summed E-state index contributed by atoms with van der Waals surface area (Å²) in [6, 6.07) is 3.67. The summed E-state index contributed by atoms with van der Waals surface area (Å²) < 4.78 is 0.760. The van der Waals surface area contributed by atoms with Crippen molar-refractivity contribution in [3.8, 4) is 0 Å². The second-order valence-corrected chi connectivity index (χ2v) is 4.82. The van der Waals surface area contributed by atoms with Gasteiger partial charge in [0.15, 0.2) is 0 Å². The zero-order valence-corrected chi connectivity index (χ0v) is 11.4. The number of carbonyl (C=O) groups is 1. The smallest absolute Gasteiger partial charge is 0.261 e. The SMILES string of the molecule is C=C(Br)CNC(=O)c1ccc(NC)s1.Cl. The van der Waals surface area contributed by atoms with Crippen molar-refractivity contribution in [2.24, 2.45) is 0 Å². The highest BCUT2D eigenvalue weighted by atomic mass is 79.9. The third-order valence-electron chi connectivity index (χ3n) is 1.52. The predicted molar refractivity (Wildman–Crippen MR) is 71.5 cm³/mol. The van der Waals surface area contributed by atoms with Crippen molar-refractivity contribution in [1.82, 2.24) is 5.32 Å². The summed E-state index contributed by atoms with van der Waals surface area (Å²) in [5, 5.41) is 6.69. The zero-order chi connectivity index (χ0) is 10.6. The summed E-state index contributed by atoms with van der Waals surface area (Å²) in [5.74, 6) is -0.0721. The van der Waals surface area contributed by atoms with E-state index in [0.29, 0.717) is 11.4 Å². The molecule has 0 saturated carbocycles. The van der Waals surface area contributed by atoms with Crippen molar-refractivity contribution in [3.63, 3.8) is 0 Å². The van der Waals surface area contributed by atoms with Gasteiger partial charge in [-0.25, -0.2) is 0 Å². The number of amides is 1. The molecule has 3 nitrogen and oxygen atoms in total. The minimum absolute atomic E-state index is 0. The molecule has 1 aromatic heterocycles. The summed E-state index contributed by atoms with van der Waals surface area (Å²) >= 11 is 4.60. The number of hydrogen-bond donors (Lipinski definition) is 2. The van der Waals surface area contributed by atoms with Crippen LogP contribution in [0.25, 0.3) is 0 Å². The first-order chi connectivity index (χ1) is 6.63. The molecular formula is C9H12BrClN2OS. The topological polar surface area (TPSA) is 41.1 Å². The van der Waals surface area contributed by atoms with Gasteiger partial charge in [0.25, 0.3) is 5.91 Å². The Hall–Kier alpha value is -0.520. The Morgan fingerprint density at radius 3 is 2.73 bits per heavy atom. The molecule has 1 rings (SSSR count). The average Bonchev–Trinajstić information content (AvgIpc) is 2.62. The lowest BCUT2D eigenvalue weighted by Gasteiger charge is -2.00. The summed E-state index contributed by atoms with van der Waals surface area (Å²) in [6.45, 7) is 4.09. The van der Waals surface area contributed by atoms with Crippen LogP contribution in [0.4, 0.5) is 5.00 Å². The Kier molecular flexibility index (Phi) is 6.63. The van der Waals surface area contributed by atoms with Gasteiger partial charge in [0.1, 0.15) is 0 Å². The number of hydrogen-bond acceptors (Lipinski definition) is 3. The van der Waals surface area contributed by atoms with Gasteiger partial charge in [0.2, 0.25) is 0 Å². The molecule has 0 aliphatic rings. The highest BCUT2D eigenvalue weighted by molar-refractivity contribution is 9.11. The van der Waals surface area contributed by atoms with E-state index in [9.17, 15) is 4.79 Å². The molecule has 0 saturated heterocycles. The minimum atomic E-state index is -0.0721. The van der Waals surface area contributed by atoms with Crippen LogP contribution in [0.15, 0.2) is 23.2 Å². The van der Waals surface area contributed by atoms with E-state index in [-0.39, 0.29) is 18.3 Å². The summed E-state index contributed by atoms with van der Waals surface area (Å²) in [7, 11) is 1.83. The van der Waals surface area contributed by atoms with Gasteiger partial charge in [0.05, 0.1) is 9.88 Å². The van der Waals surface area contributed by atoms with Crippen LogP contribution in [-0.2, 0) is 0 Å². The maximum Gasteiger partial charge on any atom is 0.261 e. The van der Waals surface area contributed by atoms with E-state index in [1.807, 2.05) is 13.1 Å². The van der Waals surface area contributed by atoms with Crippen LogP contribution in [0, 0.1) is 0 Å². The normalized spacial score (nSPS) is 8.93. The fraction of sp³-hybridized carbons (Fsp3) is 0.222. The summed E-state index contributed by atoms with van der Waals surface area (Å²) in [6.07, 6.45) is 0. The first kappa shape index (κ1) is 14.5. The summed E-state index contributed by atoms with van der Waals surface area (Å²) in [4.78, 5) is 12.2. The maximum atomic E-state index is 11.5. The molecule has 84 valence electrons. The average molecular weight is 312 g/mol. The lowest BCUT2D eigenvalue weighted by Crippen LogP contribution is -2.23. The number of nitrogens with one attached hydrogen (secondary N) is 2. The molecule has 0 fully saturated rings. The number of halogens is 2. The van der Waals surface area contributed by atoms with E-state index >= 15 is 0 Å². The highest BCUT2D eigenvalue weighted by Crippen LogP contribution is 2.20. The molecule has 15 heavy (non-hydrogen) atoms. The summed E-state index contributed by atoms with van der Waals surface area (Å²) in [5.41, 5.74) is 0. The Morgan fingerprint density at radius 1 is 1.60 bits per heavy atom. The molecule has 2 N–H and O–H groups in total. The van der Waals surface area contributed by atoms with Crippen molar-refractivity contribution < 1.29 is 4.79 Å². The largest absolute Gasteiger partial charge is 0.380 e. The molecule has 0 aromatic carbocycles. The van der Waals surface area contributed by atoms with Gasteiger partial charge in [-0.2, -0.15) is 0 Å². The first-order valence-corrected chi connectivity index (χ1v) is 5.63. The molecular weight excluding hydrogens is 300 g/mol. The molecule has 0 spiro atoms. The number of carbonyl (C=O) groups excluding carboxylic acids is 1. The third-order valence-corrected chi connectivity index (χ3v) is 2.90. The van der Waals surface area contributed by atoms with E-state index in [0.717, 1.165) is 9.48 Å². The van der Waals surface area contributed by atoms with Crippen molar-refractivity contribution >= 4 is 50.6 Å². The molecule has 0 aliphatic heterocycles. The van der Waals surface area contributed by atoms with Crippen LogP contribution in [0.1, 0.15) is 9.67 Å². The maximum absolute atomic E-state index is 11.5. The molecule has 1 amide bonds. The minimum Gasteiger partial charge on any atom is -0.380 e. The molecule has 1 aromatic rings. The van der Waals surface area contributed by atoms with Crippen LogP contribution < -0.4 is 10.6 Å². The van der Waals surface area contributed by atoms with Crippen LogP contribution >= 0.6 is 39.7 Å². The monoisotopic (exact) mass is 310 g/mol. The third kappa shape index (κ3) is 4.68. The quantitative estimate of drug-likeness (QED) is 0.898. The van der Waals surface area contributed by atoms with Crippen molar-refractivity contribution in [3.05, 3.63) is 28.1 Å². The van der Waals surface area contributed by atoms with Crippen LogP contribution in [0.5, 0.6) is 0 Å². The molecule has 1 heterocycles. The van der Waals surface area contributed by atoms with Gasteiger partial charge in [-0.1, -0.05) is 22.5 Å². The molecule has 0 aliphatic carbocycles. The first-order valence-electron chi connectivity index (χ1n) is 4.02. The van der Waals surface area contributed by atoms with Crippen LogP contribution in [0.2, 0.25) is 0 Å². The predicted octanol–water partition coefficient (Wildman–Crippen LogP) is 2.85. The van der Waals surface area contributed by atoms with Crippen molar-refractivity contribution in [1.29, 1.82) is 0 Å². The van der Waals surface area contributed by atoms with Gasteiger partial charge < -0.3 is 10.6 Å². The Balaban J connectivity index is 0.00000196. The van der Waals surface area contributed by atoms with Gasteiger partial charge in [-0.3, -0.25) is 4.79 Å². The van der Waals surface area contributed by atoms with E-state index in [2.05, 4.69) is 33.1 Å². The van der Waals surface area contributed by atoms with E-state index in [4.69, 9.17) is 0 Å². The Morgan fingerprint density at radius 2 is 2.27 bits per heavy atom. The molecule has 6 heteroatoms. The van der Waals surface area contributed by atoms with E-state index in [1.165, 1.54) is 11.3 Å². The Bertz CT molecular complexity index is 354. The highest BCUT2D eigenvalue weighted by Gasteiger charge is 2.07. The van der Waals surface area contributed by atoms with Gasteiger partial charge in [0, 0.05) is 18.1 Å². The lowest BCUT2D eigenvalue weighted by molar-refractivity contribution is 0.0962. The standard InChI is InChI=1S/C9H11BrN2OS.ClH/c1-6(10)5-12-9(13)7-3-4-8(11-2)14-7;/h3-4,11H,1,5H2,2H3,(H,12,13);1H. The number of rotatable bonds is 4.